The summed E-state index contributed by atoms with van der Waals surface area (Å²) in [4.78, 5) is 53.0. The van der Waals surface area contributed by atoms with Crippen LogP contribution in [0.15, 0.2) is 66.4 Å². The summed E-state index contributed by atoms with van der Waals surface area (Å²) in [6, 6.07) is 12.3. The second-order valence-corrected chi connectivity index (χ2v) is 14.8. The van der Waals surface area contributed by atoms with Gasteiger partial charge < -0.3 is 49.6 Å². The van der Waals surface area contributed by atoms with E-state index in [1.54, 1.807) is 57.2 Å². The molecule has 14 heteroatoms. The number of esters is 2. The van der Waals surface area contributed by atoms with Gasteiger partial charge in [0.05, 0.1) is 37.2 Å². The lowest BCUT2D eigenvalue weighted by Crippen LogP contribution is -2.55. The number of carbonyl (C=O) groups excluding carboxylic acids is 4. The van der Waals surface area contributed by atoms with Crippen molar-refractivity contribution in [1.29, 1.82) is 0 Å². The molecule has 6 atom stereocenters. The molecule has 2 amide bonds. The first-order valence-electron chi connectivity index (χ1n) is 18.1. The third kappa shape index (κ3) is 10.5. The molecule has 14 nitrogen and oxygen atoms in total. The number of aliphatic hydroxyl groups is 3. The molecule has 2 aliphatic carbocycles. The SMILES string of the molecule is C[C@H](O)[C@@H](NC(=O)C1=C[C@H]2OC3(Cc4ccccc4C3)O[C@H]2[C@H](OC(=O)c2cccc(C=COCCO)c2)C1)C(=O)N[C@H](CO)CCC(=O)OC(C)(C)C. The molecule has 2 aromatic carbocycles. The highest BCUT2D eigenvalue weighted by atomic mass is 16.8. The van der Waals surface area contributed by atoms with Gasteiger partial charge in [0, 0.05) is 31.3 Å². The summed E-state index contributed by atoms with van der Waals surface area (Å²) < 4.78 is 29.6. The van der Waals surface area contributed by atoms with Crippen molar-refractivity contribution in [3.05, 3.63) is 88.7 Å². The zero-order valence-corrected chi connectivity index (χ0v) is 31.0. The molecule has 54 heavy (non-hydrogen) atoms. The van der Waals surface area contributed by atoms with Crippen molar-refractivity contribution in [2.45, 2.75) is 108 Å². The predicted molar refractivity (Wildman–Crippen MR) is 194 cm³/mol. The van der Waals surface area contributed by atoms with Crippen LogP contribution in [0.4, 0.5) is 0 Å². The van der Waals surface area contributed by atoms with Crippen LogP contribution in [0.25, 0.3) is 6.08 Å². The molecule has 3 aliphatic rings. The monoisotopic (exact) mass is 750 g/mol. The molecule has 1 fully saturated rings. The van der Waals surface area contributed by atoms with Gasteiger partial charge in [-0.1, -0.05) is 36.4 Å². The zero-order chi connectivity index (χ0) is 39.0. The van der Waals surface area contributed by atoms with Gasteiger partial charge in [-0.05, 0) is 75.1 Å². The lowest BCUT2D eigenvalue weighted by atomic mass is 9.91. The molecule has 1 aliphatic heterocycles. The van der Waals surface area contributed by atoms with Crippen molar-refractivity contribution in [1.82, 2.24) is 10.6 Å². The van der Waals surface area contributed by atoms with E-state index in [1.807, 2.05) is 24.3 Å². The number of rotatable bonds is 15. The molecule has 292 valence electrons. The van der Waals surface area contributed by atoms with E-state index in [9.17, 15) is 29.4 Å². The second-order valence-electron chi connectivity index (χ2n) is 14.8. The molecule has 1 saturated heterocycles. The summed E-state index contributed by atoms with van der Waals surface area (Å²) in [5, 5.41) is 34.6. The van der Waals surface area contributed by atoms with Gasteiger partial charge in [0.25, 0.3) is 0 Å². The minimum Gasteiger partial charge on any atom is -0.499 e. The Morgan fingerprint density at radius 1 is 1.02 bits per heavy atom. The fraction of sp³-hybridized carbons (Fsp3) is 0.500. The third-order valence-electron chi connectivity index (χ3n) is 9.19. The molecule has 0 radical (unpaired) electrons. The second kappa shape index (κ2) is 17.7. The largest absolute Gasteiger partial charge is 0.499 e. The number of nitrogens with one attached hydrogen (secondary N) is 2. The van der Waals surface area contributed by atoms with Crippen molar-refractivity contribution >= 4 is 29.8 Å². The zero-order valence-electron chi connectivity index (χ0n) is 31.0. The Labute approximate surface area is 314 Å². The maximum absolute atomic E-state index is 13.8. The summed E-state index contributed by atoms with van der Waals surface area (Å²) >= 11 is 0. The molecule has 0 aromatic heterocycles. The van der Waals surface area contributed by atoms with Crippen molar-refractivity contribution in [2.75, 3.05) is 19.8 Å². The lowest BCUT2D eigenvalue weighted by molar-refractivity contribution is -0.172. The van der Waals surface area contributed by atoms with Crippen LogP contribution in [0, 0.1) is 0 Å². The summed E-state index contributed by atoms with van der Waals surface area (Å²) in [5.74, 6) is -3.65. The van der Waals surface area contributed by atoms with E-state index < -0.39 is 78.2 Å². The van der Waals surface area contributed by atoms with Gasteiger partial charge in [-0.15, -0.1) is 0 Å². The number of amides is 2. The highest BCUT2D eigenvalue weighted by Gasteiger charge is 2.55. The normalized spacial score (nSPS) is 21.7. The fourth-order valence-corrected chi connectivity index (χ4v) is 6.71. The van der Waals surface area contributed by atoms with Crippen LogP contribution < -0.4 is 10.6 Å². The first kappa shape index (κ1) is 40.6. The Bertz CT molecular complexity index is 1710. The average Bonchev–Trinajstić information content (AvgIpc) is 3.67. The van der Waals surface area contributed by atoms with Crippen LogP contribution in [0.1, 0.15) is 74.0 Å². The fourth-order valence-electron chi connectivity index (χ4n) is 6.71. The molecule has 0 saturated carbocycles. The van der Waals surface area contributed by atoms with Gasteiger partial charge in [0.1, 0.15) is 36.6 Å². The number of fused-ring (bicyclic) bond motifs is 2. The molecule has 5 rings (SSSR count). The maximum Gasteiger partial charge on any atom is 0.338 e. The number of benzene rings is 2. The minimum absolute atomic E-state index is 0.0680. The van der Waals surface area contributed by atoms with Crippen LogP contribution in [0.5, 0.6) is 0 Å². The van der Waals surface area contributed by atoms with Crippen molar-refractivity contribution in [3.8, 4) is 0 Å². The van der Waals surface area contributed by atoms with E-state index in [0.717, 1.165) is 11.1 Å². The van der Waals surface area contributed by atoms with Gasteiger partial charge in [-0.3, -0.25) is 14.4 Å². The highest BCUT2D eigenvalue weighted by Crippen LogP contribution is 2.45. The van der Waals surface area contributed by atoms with Crippen molar-refractivity contribution in [2.24, 2.45) is 0 Å². The number of aliphatic hydroxyl groups excluding tert-OH is 3. The van der Waals surface area contributed by atoms with Crippen molar-refractivity contribution in [3.63, 3.8) is 0 Å². The Morgan fingerprint density at radius 2 is 1.74 bits per heavy atom. The number of ether oxygens (including phenoxy) is 5. The maximum atomic E-state index is 13.8. The molecule has 1 heterocycles. The minimum atomic E-state index is -1.43. The molecule has 2 aromatic rings. The van der Waals surface area contributed by atoms with E-state index in [4.69, 9.17) is 28.8 Å². The van der Waals surface area contributed by atoms with Gasteiger partial charge in [0.2, 0.25) is 11.8 Å². The van der Waals surface area contributed by atoms with Crippen LogP contribution in [-0.4, -0.2) is 107 Å². The standard InChI is InChI=1S/C40H50N2O12/c1-24(45)34(37(48)41-30(23-44)12-13-33(46)53-39(2,3)4)42-36(47)29-19-31(51-38(49)26-11-7-8-25(18-26)14-16-50-17-15-43)35-32(20-29)52-40(54-35)21-27-9-5-6-10-28(27)22-40/h5-11,14,16,18,20,24,30-32,34-35,43-45H,12-13,15,17,19,21-23H2,1-4H3,(H,41,48)(H,42,47)/t24-,30-,31+,32+,34+,35-/m0/s1. The quantitative estimate of drug-likeness (QED) is 0.101. The summed E-state index contributed by atoms with van der Waals surface area (Å²) in [5.41, 5.74) is 2.50. The molecule has 5 N–H and O–H groups in total. The molecule has 0 bridgehead atoms. The summed E-state index contributed by atoms with van der Waals surface area (Å²) in [6.07, 6.45) is 1.67. The lowest BCUT2D eigenvalue weighted by Gasteiger charge is -2.31. The summed E-state index contributed by atoms with van der Waals surface area (Å²) in [7, 11) is 0. The van der Waals surface area contributed by atoms with E-state index >= 15 is 0 Å². The van der Waals surface area contributed by atoms with Crippen LogP contribution in [0.2, 0.25) is 0 Å². The molecular weight excluding hydrogens is 700 g/mol. The van der Waals surface area contributed by atoms with Gasteiger partial charge in [-0.25, -0.2) is 4.79 Å². The smallest absolute Gasteiger partial charge is 0.338 e. The summed E-state index contributed by atoms with van der Waals surface area (Å²) in [6.45, 7) is 6.03. The Balaban J connectivity index is 1.31. The van der Waals surface area contributed by atoms with E-state index in [0.29, 0.717) is 18.4 Å². The first-order valence-corrected chi connectivity index (χ1v) is 18.1. The van der Waals surface area contributed by atoms with Crippen LogP contribution in [0.3, 0.4) is 0 Å². The van der Waals surface area contributed by atoms with Crippen molar-refractivity contribution < 1.29 is 58.2 Å². The Kier molecular flexibility index (Phi) is 13.3. The average molecular weight is 751 g/mol. The number of hydrogen-bond donors (Lipinski definition) is 5. The van der Waals surface area contributed by atoms with E-state index in [-0.39, 0.29) is 43.6 Å². The number of carbonyl (C=O) groups is 4. The van der Waals surface area contributed by atoms with Gasteiger partial charge >= 0.3 is 11.9 Å². The van der Waals surface area contributed by atoms with E-state index in [1.165, 1.54) is 13.2 Å². The predicted octanol–water partition coefficient (Wildman–Crippen LogP) is 2.27. The third-order valence-corrected chi connectivity index (χ3v) is 9.19. The van der Waals surface area contributed by atoms with Gasteiger partial charge in [0.15, 0.2) is 5.79 Å². The Morgan fingerprint density at radius 3 is 2.39 bits per heavy atom. The first-order chi connectivity index (χ1) is 25.7. The van der Waals surface area contributed by atoms with Gasteiger partial charge in [-0.2, -0.15) is 0 Å². The molecule has 0 unspecified atom stereocenters. The highest BCUT2D eigenvalue weighted by molar-refractivity contribution is 5.98. The van der Waals surface area contributed by atoms with Crippen LogP contribution in [-0.2, 0) is 50.9 Å². The Hall–Kier alpha value is -4.60. The topological polar surface area (TPSA) is 199 Å². The molecular formula is C40H50N2O12. The van der Waals surface area contributed by atoms with Crippen LogP contribution >= 0.6 is 0 Å². The number of hydrogen-bond acceptors (Lipinski definition) is 12. The molecule has 1 spiro atoms. The van der Waals surface area contributed by atoms with E-state index in [2.05, 4.69) is 10.6 Å².